The number of hydrogen-bond donors (Lipinski definition) is 1. The third-order valence-electron chi connectivity index (χ3n) is 5.29. The van der Waals surface area contributed by atoms with Crippen molar-refractivity contribution in [2.75, 3.05) is 29.0 Å². The molecule has 1 fully saturated rings. The molecule has 2 aromatic carbocycles. The minimum Gasteiger partial charge on any atom is -0.339 e. The van der Waals surface area contributed by atoms with Crippen LogP contribution >= 0.6 is 0 Å². The second-order valence-corrected chi connectivity index (χ2v) is 9.61. The zero-order chi connectivity index (χ0) is 23.5. The van der Waals surface area contributed by atoms with Gasteiger partial charge in [0.05, 0.1) is 11.9 Å². The molecule has 7 nitrogen and oxygen atoms in total. The minimum absolute atomic E-state index is 0.0717. The smallest absolute Gasteiger partial charge is 0.253 e. The monoisotopic (exact) mass is 465 g/mol. The summed E-state index contributed by atoms with van der Waals surface area (Å²) in [6, 6.07) is 7.68. The zero-order valence-corrected chi connectivity index (χ0v) is 18.7. The molecule has 1 N–H and O–H groups in total. The first-order valence-corrected chi connectivity index (χ1v) is 12.1. The van der Waals surface area contributed by atoms with E-state index in [9.17, 15) is 26.8 Å². The summed E-state index contributed by atoms with van der Waals surface area (Å²) in [5.41, 5.74) is 0.699. The van der Waals surface area contributed by atoms with Crippen LogP contribution in [0.1, 0.15) is 36.5 Å². The van der Waals surface area contributed by atoms with E-state index in [0.717, 1.165) is 61.1 Å². The number of amides is 2. The van der Waals surface area contributed by atoms with Crippen LogP contribution in [0.25, 0.3) is 0 Å². The molecule has 0 radical (unpaired) electrons. The SMILES string of the molecule is CC(C(=O)Nc1ccc(C(=O)N2CCCCC2)cc1)N(c1ccc(F)c(F)c1)S(C)(=O)=O. The van der Waals surface area contributed by atoms with Gasteiger partial charge in [0.15, 0.2) is 11.6 Å². The van der Waals surface area contributed by atoms with Crippen LogP contribution in [-0.2, 0) is 14.8 Å². The van der Waals surface area contributed by atoms with Gasteiger partial charge in [0.2, 0.25) is 15.9 Å². The second-order valence-electron chi connectivity index (χ2n) is 7.75. The Kier molecular flexibility index (Phi) is 7.12. The zero-order valence-electron chi connectivity index (χ0n) is 17.8. The topological polar surface area (TPSA) is 86.8 Å². The highest BCUT2D eigenvalue weighted by molar-refractivity contribution is 7.92. The van der Waals surface area contributed by atoms with Crippen molar-refractivity contribution in [2.45, 2.75) is 32.2 Å². The molecule has 32 heavy (non-hydrogen) atoms. The number of likely N-dealkylation sites (tertiary alicyclic amines) is 1. The van der Waals surface area contributed by atoms with Gasteiger partial charge in [-0.25, -0.2) is 17.2 Å². The molecule has 1 unspecified atom stereocenters. The third-order valence-corrected chi connectivity index (χ3v) is 6.53. The molecular weight excluding hydrogens is 440 g/mol. The maximum Gasteiger partial charge on any atom is 0.253 e. The van der Waals surface area contributed by atoms with E-state index in [2.05, 4.69) is 5.32 Å². The molecule has 0 aliphatic carbocycles. The first-order valence-electron chi connectivity index (χ1n) is 10.2. The summed E-state index contributed by atoms with van der Waals surface area (Å²) in [4.78, 5) is 27.1. The van der Waals surface area contributed by atoms with E-state index in [4.69, 9.17) is 0 Å². The number of piperidine rings is 1. The molecule has 172 valence electrons. The number of carbonyl (C=O) groups is 2. The van der Waals surface area contributed by atoms with E-state index in [0.29, 0.717) is 11.3 Å². The molecule has 0 saturated carbocycles. The molecule has 0 spiro atoms. The first kappa shape index (κ1) is 23.6. The van der Waals surface area contributed by atoms with Gasteiger partial charge in [0.25, 0.3) is 5.91 Å². The van der Waals surface area contributed by atoms with Crippen LogP contribution in [0.5, 0.6) is 0 Å². The number of carbonyl (C=O) groups excluding carboxylic acids is 2. The van der Waals surface area contributed by atoms with Crippen LogP contribution in [0, 0.1) is 11.6 Å². The molecule has 1 saturated heterocycles. The average molecular weight is 466 g/mol. The number of nitrogens with zero attached hydrogens (tertiary/aromatic N) is 2. The highest BCUT2D eigenvalue weighted by atomic mass is 32.2. The second kappa shape index (κ2) is 9.64. The number of anilines is 2. The van der Waals surface area contributed by atoms with Crippen molar-refractivity contribution in [3.05, 3.63) is 59.7 Å². The lowest BCUT2D eigenvalue weighted by Gasteiger charge is -2.28. The van der Waals surface area contributed by atoms with E-state index in [1.807, 2.05) is 0 Å². The van der Waals surface area contributed by atoms with Crippen LogP contribution in [0.15, 0.2) is 42.5 Å². The Morgan fingerprint density at radius 3 is 2.19 bits per heavy atom. The number of halogens is 2. The van der Waals surface area contributed by atoms with Crippen molar-refractivity contribution in [1.29, 1.82) is 0 Å². The molecule has 2 aromatic rings. The molecule has 1 heterocycles. The normalized spacial score (nSPS) is 15.2. The minimum atomic E-state index is -3.98. The molecule has 3 rings (SSSR count). The summed E-state index contributed by atoms with van der Waals surface area (Å²) in [5.74, 6) is -3.09. The van der Waals surface area contributed by atoms with Gasteiger partial charge in [0.1, 0.15) is 6.04 Å². The van der Waals surface area contributed by atoms with Gasteiger partial charge < -0.3 is 10.2 Å². The molecule has 1 atom stereocenters. The van der Waals surface area contributed by atoms with Crippen LogP contribution in [0.3, 0.4) is 0 Å². The van der Waals surface area contributed by atoms with Crippen molar-refractivity contribution in [2.24, 2.45) is 0 Å². The number of rotatable bonds is 6. The summed E-state index contributed by atoms with van der Waals surface area (Å²) in [6.07, 6.45) is 3.94. The molecule has 1 aliphatic rings. The van der Waals surface area contributed by atoms with Crippen LogP contribution in [0.2, 0.25) is 0 Å². The lowest BCUT2D eigenvalue weighted by molar-refractivity contribution is -0.116. The Hall–Kier alpha value is -3.01. The van der Waals surface area contributed by atoms with Gasteiger partial charge in [-0.3, -0.25) is 13.9 Å². The Balaban J connectivity index is 1.74. The fourth-order valence-corrected chi connectivity index (χ4v) is 4.82. The van der Waals surface area contributed by atoms with E-state index in [1.165, 1.54) is 6.92 Å². The Labute approximate surface area is 186 Å². The first-order chi connectivity index (χ1) is 15.1. The summed E-state index contributed by atoms with van der Waals surface area (Å²) in [7, 11) is -3.98. The molecule has 0 bridgehead atoms. The molecule has 2 amide bonds. The maximum absolute atomic E-state index is 13.6. The van der Waals surface area contributed by atoms with E-state index >= 15 is 0 Å². The summed E-state index contributed by atoms with van der Waals surface area (Å²) < 4.78 is 52.2. The number of hydrogen-bond acceptors (Lipinski definition) is 4. The highest BCUT2D eigenvalue weighted by Crippen LogP contribution is 2.24. The standard InChI is InChI=1S/C22H25F2N3O4S/c1-15(27(32(2,30)31)18-10-11-19(23)20(24)14-18)21(28)25-17-8-6-16(7-9-17)22(29)26-12-4-3-5-13-26/h6-11,14-15H,3-5,12-13H2,1-2H3,(H,25,28). The fourth-order valence-electron chi connectivity index (χ4n) is 3.65. The number of sulfonamides is 1. The van der Waals surface area contributed by atoms with Gasteiger partial charge in [0, 0.05) is 30.4 Å². The maximum atomic E-state index is 13.6. The van der Waals surface area contributed by atoms with E-state index < -0.39 is 33.6 Å². The molecule has 0 aromatic heterocycles. The van der Waals surface area contributed by atoms with Crippen molar-refractivity contribution >= 4 is 33.2 Å². The molecular formula is C22H25F2N3O4S. The van der Waals surface area contributed by atoms with Gasteiger partial charge in [-0.05, 0) is 62.6 Å². The van der Waals surface area contributed by atoms with E-state index in [-0.39, 0.29) is 11.6 Å². The number of nitrogens with one attached hydrogen (secondary N) is 1. The van der Waals surface area contributed by atoms with Gasteiger partial charge >= 0.3 is 0 Å². The van der Waals surface area contributed by atoms with Crippen molar-refractivity contribution in [3.8, 4) is 0 Å². The Morgan fingerprint density at radius 1 is 1.00 bits per heavy atom. The molecule has 10 heteroatoms. The quantitative estimate of drug-likeness (QED) is 0.709. The van der Waals surface area contributed by atoms with Crippen LogP contribution in [-0.4, -0.2) is 50.5 Å². The van der Waals surface area contributed by atoms with Crippen LogP contribution in [0.4, 0.5) is 20.2 Å². The Bertz CT molecular complexity index is 1100. The fraction of sp³-hybridized carbons (Fsp3) is 0.364. The van der Waals surface area contributed by atoms with Gasteiger partial charge in [-0.1, -0.05) is 0 Å². The number of benzene rings is 2. The van der Waals surface area contributed by atoms with Crippen molar-refractivity contribution < 1.29 is 26.8 Å². The lowest BCUT2D eigenvalue weighted by atomic mass is 10.1. The molecule has 1 aliphatic heterocycles. The largest absolute Gasteiger partial charge is 0.339 e. The third kappa shape index (κ3) is 5.42. The van der Waals surface area contributed by atoms with Crippen molar-refractivity contribution in [3.63, 3.8) is 0 Å². The van der Waals surface area contributed by atoms with Crippen molar-refractivity contribution in [1.82, 2.24) is 4.90 Å². The summed E-state index contributed by atoms with van der Waals surface area (Å²) in [6.45, 7) is 2.78. The predicted molar refractivity (Wildman–Crippen MR) is 118 cm³/mol. The lowest BCUT2D eigenvalue weighted by Crippen LogP contribution is -2.45. The van der Waals surface area contributed by atoms with Crippen LogP contribution < -0.4 is 9.62 Å². The predicted octanol–water partition coefficient (Wildman–Crippen LogP) is 3.38. The average Bonchev–Trinajstić information content (AvgIpc) is 2.76. The van der Waals surface area contributed by atoms with Gasteiger partial charge in [-0.2, -0.15) is 0 Å². The van der Waals surface area contributed by atoms with Gasteiger partial charge in [-0.15, -0.1) is 0 Å². The Morgan fingerprint density at radius 2 is 1.62 bits per heavy atom. The summed E-state index contributed by atoms with van der Waals surface area (Å²) >= 11 is 0. The van der Waals surface area contributed by atoms with E-state index in [1.54, 1.807) is 29.2 Å². The highest BCUT2D eigenvalue weighted by Gasteiger charge is 2.30. The summed E-state index contributed by atoms with van der Waals surface area (Å²) in [5, 5.41) is 2.60.